The lowest BCUT2D eigenvalue weighted by molar-refractivity contribution is 0.183. The first-order chi connectivity index (χ1) is 5.77. The fraction of sp³-hybridized carbons (Fsp3) is 1.00. The summed E-state index contributed by atoms with van der Waals surface area (Å²) in [5.74, 6) is 0. The van der Waals surface area contributed by atoms with Crippen LogP contribution >= 0.6 is 24.8 Å². The van der Waals surface area contributed by atoms with Gasteiger partial charge < -0.3 is 10.6 Å². The molecule has 1 heterocycles. The van der Waals surface area contributed by atoms with E-state index in [1.165, 1.54) is 25.7 Å². The van der Waals surface area contributed by atoms with Crippen molar-refractivity contribution in [2.45, 2.75) is 63.7 Å². The highest BCUT2D eigenvalue weighted by Crippen LogP contribution is 2.22. The molecule has 0 spiro atoms. The number of hydrogen-bond acceptors (Lipinski definition) is 2. The van der Waals surface area contributed by atoms with Gasteiger partial charge in [-0.15, -0.1) is 24.8 Å². The van der Waals surface area contributed by atoms with Gasteiger partial charge in [0, 0.05) is 24.2 Å². The van der Waals surface area contributed by atoms with Gasteiger partial charge in [0.05, 0.1) is 0 Å². The number of piperazine rings is 1. The van der Waals surface area contributed by atoms with Crippen LogP contribution in [0.1, 0.15) is 39.5 Å². The van der Waals surface area contributed by atoms with Crippen molar-refractivity contribution in [2.75, 3.05) is 0 Å². The molecule has 0 radical (unpaired) electrons. The van der Waals surface area contributed by atoms with Gasteiger partial charge in [0.2, 0.25) is 0 Å². The Morgan fingerprint density at radius 1 is 0.786 bits per heavy atom. The van der Waals surface area contributed by atoms with Crippen molar-refractivity contribution in [2.24, 2.45) is 0 Å². The largest absolute Gasteiger partial charge is 0.308 e. The second-order valence-electron chi connectivity index (χ2n) is 4.41. The van der Waals surface area contributed by atoms with Crippen molar-refractivity contribution in [3.05, 3.63) is 0 Å². The first kappa shape index (κ1) is 14.5. The topological polar surface area (TPSA) is 24.1 Å². The van der Waals surface area contributed by atoms with Crippen LogP contribution in [0.5, 0.6) is 0 Å². The summed E-state index contributed by atoms with van der Waals surface area (Å²) in [6.07, 6.45) is 5.57. The smallest absolute Gasteiger partial charge is 0.0224 e. The minimum Gasteiger partial charge on any atom is -0.308 e. The average molecular weight is 241 g/mol. The summed E-state index contributed by atoms with van der Waals surface area (Å²) < 4.78 is 0. The molecule has 86 valence electrons. The van der Waals surface area contributed by atoms with Gasteiger partial charge >= 0.3 is 0 Å². The second kappa shape index (κ2) is 6.16. The van der Waals surface area contributed by atoms with Crippen LogP contribution in [0.15, 0.2) is 0 Å². The monoisotopic (exact) mass is 240 g/mol. The van der Waals surface area contributed by atoms with Crippen molar-refractivity contribution in [3.8, 4) is 0 Å². The second-order valence-corrected chi connectivity index (χ2v) is 4.41. The summed E-state index contributed by atoms with van der Waals surface area (Å²) in [5, 5.41) is 7.41. The molecule has 0 aromatic heterocycles. The third-order valence-corrected chi connectivity index (χ3v) is 3.47. The summed E-state index contributed by atoms with van der Waals surface area (Å²) >= 11 is 0. The van der Waals surface area contributed by atoms with Gasteiger partial charge in [-0.2, -0.15) is 0 Å². The first-order valence-electron chi connectivity index (χ1n) is 5.29. The molecule has 2 N–H and O–H groups in total. The van der Waals surface area contributed by atoms with Crippen molar-refractivity contribution in [1.82, 2.24) is 10.6 Å². The van der Waals surface area contributed by atoms with Gasteiger partial charge in [-0.1, -0.05) is 12.8 Å². The molecule has 2 nitrogen and oxygen atoms in total. The SMILES string of the molecule is CC1N[C@H]2CCCC[C@H]2NC1C.Cl.Cl. The molecule has 4 heteroatoms. The molecule has 1 saturated heterocycles. The third kappa shape index (κ3) is 2.99. The minimum atomic E-state index is 0. The lowest BCUT2D eigenvalue weighted by Crippen LogP contribution is -2.64. The minimum absolute atomic E-state index is 0. The van der Waals surface area contributed by atoms with E-state index < -0.39 is 0 Å². The van der Waals surface area contributed by atoms with E-state index in [-0.39, 0.29) is 24.8 Å². The molecule has 0 amide bonds. The van der Waals surface area contributed by atoms with E-state index in [9.17, 15) is 0 Å². The Labute approximate surface area is 99.4 Å². The standard InChI is InChI=1S/C10H20N2.2ClH/c1-7-8(2)12-10-6-4-3-5-9(10)11-7;;/h7-12H,3-6H2,1-2H3;2*1H/t7?,8?,9-,10+;;. The van der Waals surface area contributed by atoms with Gasteiger partial charge in [-0.3, -0.25) is 0 Å². The maximum absolute atomic E-state index is 3.71. The Kier molecular flexibility index (Phi) is 6.38. The summed E-state index contributed by atoms with van der Waals surface area (Å²) in [6.45, 7) is 4.56. The Morgan fingerprint density at radius 3 is 1.50 bits per heavy atom. The number of hydrogen-bond donors (Lipinski definition) is 2. The van der Waals surface area contributed by atoms with E-state index in [0.717, 1.165) is 12.1 Å². The lowest BCUT2D eigenvalue weighted by Gasteiger charge is -2.43. The molecule has 1 saturated carbocycles. The fourth-order valence-corrected chi connectivity index (χ4v) is 2.49. The zero-order valence-electron chi connectivity index (χ0n) is 8.95. The molecule has 14 heavy (non-hydrogen) atoms. The van der Waals surface area contributed by atoms with E-state index in [0.29, 0.717) is 12.1 Å². The predicted molar refractivity (Wildman–Crippen MR) is 65.7 cm³/mol. The quantitative estimate of drug-likeness (QED) is 0.678. The number of fused-ring (bicyclic) bond motifs is 1. The molecule has 1 aliphatic heterocycles. The summed E-state index contributed by atoms with van der Waals surface area (Å²) in [4.78, 5) is 0. The molecule has 2 unspecified atom stereocenters. The summed E-state index contributed by atoms with van der Waals surface area (Å²) in [6, 6.07) is 2.79. The van der Waals surface area contributed by atoms with Crippen LogP contribution in [0, 0.1) is 0 Å². The number of rotatable bonds is 0. The van der Waals surface area contributed by atoms with Gasteiger partial charge in [-0.05, 0) is 26.7 Å². The molecular formula is C10H22Cl2N2. The van der Waals surface area contributed by atoms with Crippen molar-refractivity contribution in [1.29, 1.82) is 0 Å². The van der Waals surface area contributed by atoms with E-state index in [1.54, 1.807) is 0 Å². The third-order valence-electron chi connectivity index (χ3n) is 3.47. The van der Waals surface area contributed by atoms with Crippen LogP contribution in [-0.4, -0.2) is 24.2 Å². The molecule has 0 bridgehead atoms. The zero-order valence-corrected chi connectivity index (χ0v) is 10.6. The molecule has 2 fully saturated rings. The highest BCUT2D eigenvalue weighted by Gasteiger charge is 2.32. The maximum atomic E-state index is 3.71. The van der Waals surface area contributed by atoms with E-state index >= 15 is 0 Å². The Hall–Kier alpha value is 0.500. The molecular weight excluding hydrogens is 219 g/mol. The van der Waals surface area contributed by atoms with Gasteiger partial charge in [0.15, 0.2) is 0 Å². The molecule has 4 atom stereocenters. The molecule has 1 aliphatic carbocycles. The first-order valence-corrected chi connectivity index (χ1v) is 5.29. The zero-order chi connectivity index (χ0) is 8.55. The normalized spacial score (nSPS) is 41.6. The summed E-state index contributed by atoms with van der Waals surface area (Å²) in [5.41, 5.74) is 0. The Bertz CT molecular complexity index is 148. The number of nitrogens with one attached hydrogen (secondary N) is 2. The van der Waals surface area contributed by atoms with Crippen molar-refractivity contribution in [3.63, 3.8) is 0 Å². The Balaban J connectivity index is 0.000000845. The van der Waals surface area contributed by atoms with Gasteiger partial charge in [0.1, 0.15) is 0 Å². The van der Waals surface area contributed by atoms with Crippen LogP contribution in [0.3, 0.4) is 0 Å². The lowest BCUT2D eigenvalue weighted by atomic mass is 9.86. The average Bonchev–Trinajstić information content (AvgIpc) is 2.07. The van der Waals surface area contributed by atoms with Crippen LogP contribution in [0.2, 0.25) is 0 Å². The van der Waals surface area contributed by atoms with Gasteiger partial charge in [-0.25, -0.2) is 0 Å². The van der Waals surface area contributed by atoms with Crippen LogP contribution in [0.25, 0.3) is 0 Å². The van der Waals surface area contributed by atoms with Crippen LogP contribution < -0.4 is 10.6 Å². The Morgan fingerprint density at radius 2 is 1.14 bits per heavy atom. The fourth-order valence-electron chi connectivity index (χ4n) is 2.49. The molecule has 2 rings (SSSR count). The molecule has 0 aromatic rings. The highest BCUT2D eigenvalue weighted by molar-refractivity contribution is 5.85. The van der Waals surface area contributed by atoms with Crippen LogP contribution in [0.4, 0.5) is 0 Å². The summed E-state index contributed by atoms with van der Waals surface area (Å²) in [7, 11) is 0. The van der Waals surface area contributed by atoms with Crippen molar-refractivity contribution < 1.29 is 0 Å². The highest BCUT2D eigenvalue weighted by atomic mass is 35.5. The maximum Gasteiger partial charge on any atom is 0.0224 e. The number of halogens is 2. The van der Waals surface area contributed by atoms with Crippen molar-refractivity contribution >= 4 is 24.8 Å². The van der Waals surface area contributed by atoms with E-state index in [2.05, 4.69) is 24.5 Å². The molecule has 2 aliphatic rings. The van der Waals surface area contributed by atoms with E-state index in [1.807, 2.05) is 0 Å². The van der Waals surface area contributed by atoms with Crippen LogP contribution in [-0.2, 0) is 0 Å². The van der Waals surface area contributed by atoms with Gasteiger partial charge in [0.25, 0.3) is 0 Å². The predicted octanol–water partition coefficient (Wildman–Crippen LogP) is 2.11. The van der Waals surface area contributed by atoms with E-state index in [4.69, 9.17) is 0 Å². The molecule has 0 aromatic carbocycles.